The lowest BCUT2D eigenvalue weighted by molar-refractivity contribution is 0.590. The van der Waals surface area contributed by atoms with Gasteiger partial charge in [-0.05, 0) is 50.4 Å². The Kier molecular flexibility index (Phi) is 3.76. The van der Waals surface area contributed by atoms with Crippen LogP contribution < -0.4 is 5.32 Å². The number of aromatic amines is 1. The molecule has 0 bridgehead atoms. The van der Waals surface area contributed by atoms with Gasteiger partial charge in [-0.15, -0.1) is 0 Å². The Balaban J connectivity index is 2.33. The van der Waals surface area contributed by atoms with Crippen molar-refractivity contribution in [1.82, 2.24) is 10.3 Å². The first-order valence-corrected chi connectivity index (χ1v) is 6.81. The van der Waals surface area contributed by atoms with Crippen molar-refractivity contribution >= 4 is 10.9 Å². The van der Waals surface area contributed by atoms with Crippen LogP contribution in [-0.4, -0.2) is 17.6 Å². The molecule has 2 aromatic rings. The molecule has 0 unspecified atom stereocenters. The van der Waals surface area contributed by atoms with Crippen LogP contribution >= 0.6 is 0 Å². The lowest BCUT2D eigenvalue weighted by Gasteiger charge is -2.08. The first-order valence-electron chi connectivity index (χ1n) is 6.81. The largest absolute Gasteiger partial charge is 0.358 e. The van der Waals surface area contributed by atoms with Crippen LogP contribution in [0.15, 0.2) is 12.1 Å². The van der Waals surface area contributed by atoms with Crippen LogP contribution in [0.25, 0.3) is 10.9 Å². The second-order valence-corrected chi connectivity index (χ2v) is 5.52. The van der Waals surface area contributed by atoms with Crippen molar-refractivity contribution < 1.29 is 0 Å². The van der Waals surface area contributed by atoms with E-state index in [2.05, 4.69) is 57.1 Å². The van der Waals surface area contributed by atoms with Gasteiger partial charge in [0.2, 0.25) is 0 Å². The van der Waals surface area contributed by atoms with E-state index in [0.717, 1.165) is 13.0 Å². The highest BCUT2D eigenvalue weighted by molar-refractivity contribution is 5.88. The first-order chi connectivity index (χ1) is 8.50. The summed E-state index contributed by atoms with van der Waals surface area (Å²) in [6.45, 7) is 12.0. The highest BCUT2D eigenvalue weighted by atomic mass is 14.9. The molecule has 0 spiro atoms. The Hall–Kier alpha value is -1.28. The van der Waals surface area contributed by atoms with Crippen molar-refractivity contribution in [2.75, 3.05) is 6.54 Å². The van der Waals surface area contributed by atoms with Crippen LogP contribution in [-0.2, 0) is 6.42 Å². The zero-order valence-electron chi connectivity index (χ0n) is 12.1. The molecule has 1 aromatic carbocycles. The maximum Gasteiger partial charge on any atom is 0.0491 e. The summed E-state index contributed by atoms with van der Waals surface area (Å²) in [5, 5.41) is 4.88. The van der Waals surface area contributed by atoms with Crippen LogP contribution in [0.2, 0.25) is 0 Å². The van der Waals surface area contributed by atoms with Gasteiger partial charge in [0.25, 0.3) is 0 Å². The summed E-state index contributed by atoms with van der Waals surface area (Å²) in [6.07, 6.45) is 1.09. The normalized spacial score (nSPS) is 11.7. The van der Waals surface area contributed by atoms with E-state index in [-0.39, 0.29) is 0 Å². The second kappa shape index (κ2) is 5.15. The number of aromatic nitrogens is 1. The molecular formula is C16H24N2. The molecule has 0 saturated heterocycles. The van der Waals surface area contributed by atoms with E-state index in [4.69, 9.17) is 0 Å². The van der Waals surface area contributed by atoms with Crippen LogP contribution in [0.3, 0.4) is 0 Å². The predicted octanol–water partition coefficient (Wildman–Crippen LogP) is 3.63. The summed E-state index contributed by atoms with van der Waals surface area (Å²) in [5.41, 5.74) is 6.81. The molecule has 1 heterocycles. The number of hydrogen-bond donors (Lipinski definition) is 2. The van der Waals surface area contributed by atoms with E-state index in [9.17, 15) is 0 Å². The summed E-state index contributed by atoms with van der Waals surface area (Å²) in [4.78, 5) is 3.55. The fourth-order valence-corrected chi connectivity index (χ4v) is 2.50. The van der Waals surface area contributed by atoms with Crippen molar-refractivity contribution in [2.45, 2.75) is 47.1 Å². The van der Waals surface area contributed by atoms with E-state index in [1.807, 2.05) is 0 Å². The Labute approximate surface area is 110 Å². The molecule has 0 atom stereocenters. The highest BCUT2D eigenvalue weighted by Crippen LogP contribution is 2.26. The Morgan fingerprint density at radius 2 is 1.89 bits per heavy atom. The molecule has 2 rings (SSSR count). The van der Waals surface area contributed by atoms with Gasteiger partial charge in [0.05, 0.1) is 0 Å². The van der Waals surface area contributed by atoms with E-state index in [0.29, 0.717) is 6.04 Å². The van der Waals surface area contributed by atoms with Crippen LogP contribution in [0.5, 0.6) is 0 Å². The SMILES string of the molecule is Cc1ccc2c(CCNC(C)C)c(C)[nH]c2c1C. The summed E-state index contributed by atoms with van der Waals surface area (Å²) in [7, 11) is 0. The minimum absolute atomic E-state index is 0.555. The van der Waals surface area contributed by atoms with Crippen molar-refractivity contribution in [3.8, 4) is 0 Å². The van der Waals surface area contributed by atoms with Gasteiger partial charge in [-0.3, -0.25) is 0 Å². The molecule has 18 heavy (non-hydrogen) atoms. The van der Waals surface area contributed by atoms with Gasteiger partial charge in [0.1, 0.15) is 0 Å². The van der Waals surface area contributed by atoms with E-state index >= 15 is 0 Å². The molecule has 2 nitrogen and oxygen atoms in total. The van der Waals surface area contributed by atoms with Gasteiger partial charge < -0.3 is 10.3 Å². The third-order valence-corrected chi connectivity index (χ3v) is 3.75. The quantitative estimate of drug-likeness (QED) is 0.844. The number of rotatable bonds is 4. The fourth-order valence-electron chi connectivity index (χ4n) is 2.50. The number of fused-ring (bicyclic) bond motifs is 1. The highest BCUT2D eigenvalue weighted by Gasteiger charge is 2.10. The Bertz CT molecular complexity index is 550. The Morgan fingerprint density at radius 1 is 1.17 bits per heavy atom. The van der Waals surface area contributed by atoms with Gasteiger partial charge >= 0.3 is 0 Å². The zero-order chi connectivity index (χ0) is 13.3. The lowest BCUT2D eigenvalue weighted by atomic mass is 10.0. The van der Waals surface area contributed by atoms with E-state index < -0.39 is 0 Å². The number of H-pyrrole nitrogens is 1. The summed E-state index contributed by atoms with van der Waals surface area (Å²) in [5.74, 6) is 0. The molecule has 1 aromatic heterocycles. The molecule has 0 aliphatic carbocycles. The molecule has 0 saturated carbocycles. The Morgan fingerprint density at radius 3 is 2.56 bits per heavy atom. The third-order valence-electron chi connectivity index (χ3n) is 3.75. The van der Waals surface area contributed by atoms with E-state index in [1.165, 1.54) is 33.3 Å². The second-order valence-electron chi connectivity index (χ2n) is 5.52. The van der Waals surface area contributed by atoms with Gasteiger partial charge in [-0.25, -0.2) is 0 Å². The molecule has 0 fully saturated rings. The van der Waals surface area contributed by atoms with E-state index in [1.54, 1.807) is 0 Å². The summed E-state index contributed by atoms with van der Waals surface area (Å²) >= 11 is 0. The van der Waals surface area contributed by atoms with Crippen molar-refractivity contribution in [3.63, 3.8) is 0 Å². The predicted molar refractivity (Wildman–Crippen MR) is 79.4 cm³/mol. The third kappa shape index (κ3) is 2.44. The molecule has 0 aliphatic heterocycles. The minimum atomic E-state index is 0.555. The van der Waals surface area contributed by atoms with Crippen molar-refractivity contribution in [3.05, 3.63) is 34.5 Å². The monoisotopic (exact) mass is 244 g/mol. The summed E-state index contributed by atoms with van der Waals surface area (Å²) in [6, 6.07) is 5.04. The molecule has 98 valence electrons. The number of nitrogens with one attached hydrogen (secondary N) is 2. The standard InChI is InChI=1S/C16H24N2/c1-10(2)17-9-8-14-13(5)18-16-12(4)11(3)6-7-15(14)16/h6-7,10,17-18H,8-9H2,1-5H3. The molecule has 2 heteroatoms. The first kappa shape index (κ1) is 13.2. The van der Waals surface area contributed by atoms with Gasteiger partial charge in [-0.1, -0.05) is 26.0 Å². The summed E-state index contributed by atoms with van der Waals surface area (Å²) < 4.78 is 0. The van der Waals surface area contributed by atoms with Crippen molar-refractivity contribution in [2.24, 2.45) is 0 Å². The van der Waals surface area contributed by atoms with Crippen LogP contribution in [0, 0.1) is 20.8 Å². The topological polar surface area (TPSA) is 27.8 Å². The lowest BCUT2D eigenvalue weighted by Crippen LogP contribution is -2.25. The average molecular weight is 244 g/mol. The molecule has 0 aliphatic rings. The molecule has 2 N–H and O–H groups in total. The number of aryl methyl sites for hydroxylation is 3. The maximum absolute atomic E-state index is 3.55. The fraction of sp³-hybridized carbons (Fsp3) is 0.500. The molecular weight excluding hydrogens is 220 g/mol. The minimum Gasteiger partial charge on any atom is -0.358 e. The van der Waals surface area contributed by atoms with Gasteiger partial charge in [-0.2, -0.15) is 0 Å². The molecule has 0 radical (unpaired) electrons. The number of benzene rings is 1. The smallest absolute Gasteiger partial charge is 0.0491 e. The van der Waals surface area contributed by atoms with Crippen molar-refractivity contribution in [1.29, 1.82) is 0 Å². The van der Waals surface area contributed by atoms with Crippen LogP contribution in [0.1, 0.15) is 36.2 Å². The van der Waals surface area contributed by atoms with Gasteiger partial charge in [0.15, 0.2) is 0 Å². The maximum atomic E-state index is 3.55. The average Bonchev–Trinajstić information content (AvgIpc) is 2.62. The number of hydrogen-bond acceptors (Lipinski definition) is 1. The van der Waals surface area contributed by atoms with Crippen LogP contribution in [0.4, 0.5) is 0 Å². The molecule has 0 amide bonds. The van der Waals surface area contributed by atoms with Gasteiger partial charge in [0, 0.05) is 22.6 Å². The zero-order valence-corrected chi connectivity index (χ0v) is 12.1.